The molecule has 0 fully saturated rings. The van der Waals surface area contributed by atoms with E-state index in [4.69, 9.17) is 16.7 Å². The smallest absolute Gasteiger partial charge is 0.335 e. The lowest BCUT2D eigenvalue weighted by atomic mass is 10.2. The number of hydrogen-bond acceptors (Lipinski definition) is 3. The van der Waals surface area contributed by atoms with Crippen LogP contribution in [0.1, 0.15) is 10.4 Å². The number of nitrogens with zero attached hydrogens (tertiary/aromatic N) is 1. The highest BCUT2D eigenvalue weighted by atomic mass is 79.9. The van der Waals surface area contributed by atoms with Crippen molar-refractivity contribution >= 4 is 55.1 Å². The van der Waals surface area contributed by atoms with Crippen molar-refractivity contribution < 1.29 is 9.90 Å². The number of aromatic nitrogens is 1. The monoisotopic (exact) mass is 367 g/mol. The van der Waals surface area contributed by atoms with Crippen LogP contribution in [-0.2, 0) is 0 Å². The van der Waals surface area contributed by atoms with E-state index in [1.807, 2.05) is 12.1 Å². The van der Waals surface area contributed by atoms with E-state index in [9.17, 15) is 4.79 Å². The summed E-state index contributed by atoms with van der Waals surface area (Å²) in [6.07, 6.45) is 0. The van der Waals surface area contributed by atoms with Gasteiger partial charge in [-0.15, -0.1) is 11.3 Å². The Kier molecular flexibility index (Phi) is 3.50. The first kappa shape index (κ1) is 13.5. The number of aromatic carboxylic acids is 1. The minimum absolute atomic E-state index is 0.257. The van der Waals surface area contributed by atoms with Gasteiger partial charge in [-0.25, -0.2) is 9.78 Å². The molecule has 0 aliphatic carbocycles. The summed E-state index contributed by atoms with van der Waals surface area (Å²) in [7, 11) is 0. The standard InChI is InChI=1S/C14H7BrClNO2S/c15-8-2-3-10(16)9(6-8)13-17-11-4-1-7(14(18)19)5-12(11)20-13/h1-6H,(H,18,19). The third kappa shape index (κ3) is 2.44. The number of halogens is 2. The van der Waals surface area contributed by atoms with E-state index in [-0.39, 0.29) is 5.56 Å². The summed E-state index contributed by atoms with van der Waals surface area (Å²) in [6, 6.07) is 10.5. The number of benzene rings is 2. The van der Waals surface area contributed by atoms with Crippen LogP contribution < -0.4 is 0 Å². The summed E-state index contributed by atoms with van der Waals surface area (Å²) in [5, 5.41) is 10.4. The van der Waals surface area contributed by atoms with Gasteiger partial charge in [-0.3, -0.25) is 0 Å². The molecule has 0 aliphatic heterocycles. The molecule has 20 heavy (non-hydrogen) atoms. The second-order valence-electron chi connectivity index (χ2n) is 4.13. The predicted octanol–water partition coefficient (Wildman–Crippen LogP) is 5.08. The van der Waals surface area contributed by atoms with Gasteiger partial charge in [0.25, 0.3) is 0 Å². The molecule has 0 unspecified atom stereocenters. The van der Waals surface area contributed by atoms with E-state index in [0.717, 1.165) is 25.3 Å². The van der Waals surface area contributed by atoms with Gasteiger partial charge in [0.1, 0.15) is 5.01 Å². The Hall–Kier alpha value is -1.43. The molecule has 0 bridgehead atoms. The van der Waals surface area contributed by atoms with E-state index < -0.39 is 5.97 Å². The maximum absolute atomic E-state index is 11.0. The van der Waals surface area contributed by atoms with E-state index in [0.29, 0.717) is 5.02 Å². The van der Waals surface area contributed by atoms with Gasteiger partial charge in [0, 0.05) is 10.0 Å². The number of fused-ring (bicyclic) bond motifs is 1. The molecule has 100 valence electrons. The highest BCUT2D eigenvalue weighted by Crippen LogP contribution is 2.36. The fourth-order valence-corrected chi connectivity index (χ4v) is 3.49. The summed E-state index contributed by atoms with van der Waals surface area (Å²) < 4.78 is 1.75. The number of rotatable bonds is 2. The minimum Gasteiger partial charge on any atom is -0.478 e. The Labute approximate surface area is 132 Å². The van der Waals surface area contributed by atoms with Crippen LogP contribution in [0.3, 0.4) is 0 Å². The molecular weight excluding hydrogens is 362 g/mol. The molecule has 3 nitrogen and oxygen atoms in total. The predicted molar refractivity (Wildman–Crippen MR) is 84.7 cm³/mol. The van der Waals surface area contributed by atoms with E-state index >= 15 is 0 Å². The summed E-state index contributed by atoms with van der Waals surface area (Å²) >= 11 is 11.0. The van der Waals surface area contributed by atoms with Crippen LogP contribution in [0.2, 0.25) is 5.02 Å². The zero-order chi connectivity index (χ0) is 14.3. The molecule has 1 N–H and O–H groups in total. The Morgan fingerprint density at radius 3 is 2.80 bits per heavy atom. The molecule has 0 saturated carbocycles. The molecule has 1 aromatic heterocycles. The van der Waals surface area contributed by atoms with Crippen molar-refractivity contribution in [1.29, 1.82) is 0 Å². The summed E-state index contributed by atoms with van der Waals surface area (Å²) in [6.45, 7) is 0. The maximum Gasteiger partial charge on any atom is 0.335 e. The molecular formula is C14H7BrClNO2S. The molecule has 0 aliphatic rings. The van der Waals surface area contributed by atoms with Crippen molar-refractivity contribution in [3.8, 4) is 10.6 Å². The largest absolute Gasteiger partial charge is 0.478 e. The normalized spacial score (nSPS) is 10.9. The van der Waals surface area contributed by atoms with Crippen LogP contribution in [0.5, 0.6) is 0 Å². The van der Waals surface area contributed by atoms with Crippen LogP contribution >= 0.6 is 38.9 Å². The summed E-state index contributed by atoms with van der Waals surface area (Å²) in [5.74, 6) is -0.942. The van der Waals surface area contributed by atoms with Crippen LogP contribution in [0.4, 0.5) is 0 Å². The lowest BCUT2D eigenvalue weighted by molar-refractivity contribution is 0.0697. The summed E-state index contributed by atoms with van der Waals surface area (Å²) in [5.41, 5.74) is 1.86. The molecule has 1 heterocycles. The lowest BCUT2D eigenvalue weighted by Crippen LogP contribution is -1.94. The molecule has 3 rings (SSSR count). The highest BCUT2D eigenvalue weighted by molar-refractivity contribution is 9.10. The number of carboxylic acid groups (broad SMARTS) is 1. The minimum atomic E-state index is -0.942. The molecule has 0 saturated heterocycles. The van der Waals surface area contributed by atoms with Crippen molar-refractivity contribution in [3.05, 3.63) is 51.5 Å². The third-order valence-electron chi connectivity index (χ3n) is 2.79. The quantitative estimate of drug-likeness (QED) is 0.686. The van der Waals surface area contributed by atoms with Crippen LogP contribution in [0.25, 0.3) is 20.8 Å². The van der Waals surface area contributed by atoms with Crippen molar-refractivity contribution in [2.45, 2.75) is 0 Å². The van der Waals surface area contributed by atoms with Crippen molar-refractivity contribution in [3.63, 3.8) is 0 Å². The van der Waals surface area contributed by atoms with Crippen LogP contribution in [0, 0.1) is 0 Å². The van der Waals surface area contributed by atoms with Gasteiger partial charge in [0.2, 0.25) is 0 Å². The molecule has 3 aromatic rings. The number of hydrogen-bond donors (Lipinski definition) is 1. The van der Waals surface area contributed by atoms with Gasteiger partial charge in [-0.1, -0.05) is 27.5 Å². The van der Waals surface area contributed by atoms with Crippen molar-refractivity contribution in [1.82, 2.24) is 4.98 Å². The van der Waals surface area contributed by atoms with Crippen molar-refractivity contribution in [2.75, 3.05) is 0 Å². The Balaban J connectivity index is 2.17. The molecule has 6 heteroatoms. The van der Waals surface area contributed by atoms with E-state index in [2.05, 4.69) is 20.9 Å². The van der Waals surface area contributed by atoms with Crippen LogP contribution in [0.15, 0.2) is 40.9 Å². The fraction of sp³-hybridized carbons (Fsp3) is 0. The fourth-order valence-electron chi connectivity index (χ4n) is 1.83. The Morgan fingerprint density at radius 2 is 2.05 bits per heavy atom. The van der Waals surface area contributed by atoms with Gasteiger partial charge in [0.05, 0.1) is 20.8 Å². The molecule has 0 atom stereocenters. The highest BCUT2D eigenvalue weighted by Gasteiger charge is 2.12. The van der Waals surface area contributed by atoms with Gasteiger partial charge in [0.15, 0.2) is 0 Å². The molecule has 0 amide bonds. The Morgan fingerprint density at radius 1 is 1.25 bits per heavy atom. The summed E-state index contributed by atoms with van der Waals surface area (Å²) in [4.78, 5) is 15.5. The van der Waals surface area contributed by atoms with Crippen molar-refractivity contribution in [2.24, 2.45) is 0 Å². The van der Waals surface area contributed by atoms with E-state index in [1.54, 1.807) is 24.3 Å². The second kappa shape index (κ2) is 5.16. The SMILES string of the molecule is O=C(O)c1ccc2nc(-c3cc(Br)ccc3Cl)sc2c1. The topological polar surface area (TPSA) is 50.2 Å². The van der Waals surface area contributed by atoms with Gasteiger partial charge in [-0.05, 0) is 36.4 Å². The average molecular weight is 369 g/mol. The first-order valence-electron chi connectivity index (χ1n) is 5.64. The van der Waals surface area contributed by atoms with Gasteiger partial charge < -0.3 is 5.11 Å². The van der Waals surface area contributed by atoms with Gasteiger partial charge >= 0.3 is 5.97 Å². The second-order valence-corrected chi connectivity index (χ2v) is 6.48. The van der Waals surface area contributed by atoms with Gasteiger partial charge in [-0.2, -0.15) is 0 Å². The number of carbonyl (C=O) groups is 1. The Bertz CT molecular complexity index is 831. The zero-order valence-corrected chi connectivity index (χ0v) is 13.1. The number of thiazole rings is 1. The first-order valence-corrected chi connectivity index (χ1v) is 7.62. The number of carboxylic acids is 1. The zero-order valence-electron chi connectivity index (χ0n) is 9.93. The molecule has 0 spiro atoms. The average Bonchev–Trinajstić information content (AvgIpc) is 2.83. The van der Waals surface area contributed by atoms with E-state index in [1.165, 1.54) is 11.3 Å². The third-order valence-corrected chi connectivity index (χ3v) is 4.67. The first-order chi connectivity index (χ1) is 9.54. The van der Waals surface area contributed by atoms with Crippen LogP contribution in [-0.4, -0.2) is 16.1 Å². The maximum atomic E-state index is 11.0. The molecule has 0 radical (unpaired) electrons. The lowest BCUT2D eigenvalue weighted by Gasteiger charge is -2.00. The molecule has 2 aromatic carbocycles.